The number of benzene rings is 18. The van der Waals surface area contributed by atoms with Gasteiger partial charge in [-0.15, -0.1) is 0 Å². The number of anilines is 6. The molecule has 0 radical (unpaired) electrons. The summed E-state index contributed by atoms with van der Waals surface area (Å²) in [6.45, 7) is 0. The average molecular weight is 1300 g/mol. The molecule has 0 bridgehead atoms. The zero-order valence-electron chi connectivity index (χ0n) is 56.2. The van der Waals surface area contributed by atoms with Crippen molar-refractivity contribution < 1.29 is 0 Å². The van der Waals surface area contributed by atoms with Gasteiger partial charge in [0.25, 0.3) is 0 Å². The smallest absolute Gasteiger partial charge is 0.0540 e. The van der Waals surface area contributed by atoms with Crippen LogP contribution in [-0.4, -0.2) is 0 Å². The molecular formula is C100H68N2. The van der Waals surface area contributed by atoms with Gasteiger partial charge in [0, 0.05) is 33.5 Å². The molecule has 18 aromatic carbocycles. The van der Waals surface area contributed by atoms with Crippen LogP contribution in [0.2, 0.25) is 0 Å². The number of hydrogen-bond donors (Lipinski definition) is 0. The number of hydrogen-bond acceptors (Lipinski definition) is 2. The van der Waals surface area contributed by atoms with Crippen LogP contribution in [0.15, 0.2) is 413 Å². The first-order valence-corrected chi connectivity index (χ1v) is 35.1. The van der Waals surface area contributed by atoms with Crippen molar-refractivity contribution in [1.82, 2.24) is 0 Å². The Morgan fingerprint density at radius 3 is 0.637 bits per heavy atom. The Morgan fingerprint density at radius 1 is 0.127 bits per heavy atom. The standard InChI is InChI=1S/C100H68N2/c1-7-23-69(24-8-1)79-35-19-37-81(59-79)83-39-21-41-93(67-83)101(91-51-43-75(44-52-91)89-63-85(71-27-11-3-12-28-71)61-86(64-89)72-29-13-4-14-30-72)97-57-49-77-48-56-96-98(58-50-78-47-55-95(97)99(77)100(78)96)102(94-42-22-40-84(68-94)82-38-20-36-80(60-82)70-25-9-2-10-26-70)92-53-45-76(46-54-92)90-65-87(73-31-15-5-16-32-73)62-88(66-90)74-33-17-6-18-34-74/h1-68H. The van der Waals surface area contributed by atoms with Crippen LogP contribution in [0, 0.1) is 0 Å². The summed E-state index contributed by atoms with van der Waals surface area (Å²) < 4.78 is 0. The van der Waals surface area contributed by atoms with Crippen LogP contribution in [-0.2, 0) is 0 Å². The Kier molecular flexibility index (Phi) is 16.0. The quantitative estimate of drug-likeness (QED) is 0.0890. The molecule has 2 heteroatoms. The predicted octanol–water partition coefficient (Wildman–Crippen LogP) is 28.2. The second-order valence-corrected chi connectivity index (χ2v) is 26.4. The molecule has 0 fully saturated rings. The van der Waals surface area contributed by atoms with Crippen LogP contribution in [0.4, 0.5) is 34.1 Å². The molecular weight excluding hydrogens is 1230 g/mol. The van der Waals surface area contributed by atoms with Crippen molar-refractivity contribution in [3.63, 3.8) is 0 Å². The Balaban J connectivity index is 0.799. The second kappa shape index (κ2) is 26.8. The molecule has 0 unspecified atom stereocenters. The minimum atomic E-state index is 1.05. The van der Waals surface area contributed by atoms with Gasteiger partial charge in [-0.05, 0) is 242 Å². The molecule has 0 heterocycles. The summed E-state index contributed by atoms with van der Waals surface area (Å²) in [6.07, 6.45) is 0. The summed E-state index contributed by atoms with van der Waals surface area (Å²) >= 11 is 0. The molecule has 0 aliphatic heterocycles. The molecule has 0 N–H and O–H groups in total. The minimum Gasteiger partial charge on any atom is -0.310 e. The molecule has 18 aromatic rings. The lowest BCUT2D eigenvalue weighted by atomic mass is 9.91. The van der Waals surface area contributed by atoms with Gasteiger partial charge in [0.2, 0.25) is 0 Å². The molecule has 0 saturated heterocycles. The van der Waals surface area contributed by atoms with Gasteiger partial charge >= 0.3 is 0 Å². The van der Waals surface area contributed by atoms with Crippen molar-refractivity contribution in [1.29, 1.82) is 0 Å². The van der Waals surface area contributed by atoms with E-state index in [4.69, 9.17) is 0 Å². The van der Waals surface area contributed by atoms with Gasteiger partial charge in [0.15, 0.2) is 0 Å². The van der Waals surface area contributed by atoms with Crippen molar-refractivity contribution in [3.05, 3.63) is 413 Å². The van der Waals surface area contributed by atoms with E-state index in [1.165, 1.54) is 88.3 Å². The van der Waals surface area contributed by atoms with Crippen molar-refractivity contribution in [2.24, 2.45) is 0 Å². The van der Waals surface area contributed by atoms with E-state index < -0.39 is 0 Å². The fourth-order valence-corrected chi connectivity index (χ4v) is 15.1. The highest BCUT2D eigenvalue weighted by atomic mass is 15.1. The highest BCUT2D eigenvalue weighted by Gasteiger charge is 2.24. The third kappa shape index (κ3) is 11.9. The molecule has 0 aliphatic rings. The summed E-state index contributed by atoms with van der Waals surface area (Å²) in [6, 6.07) is 151. The van der Waals surface area contributed by atoms with Crippen molar-refractivity contribution >= 4 is 66.4 Å². The van der Waals surface area contributed by atoms with Crippen molar-refractivity contribution in [2.75, 3.05) is 9.80 Å². The normalized spacial score (nSPS) is 11.3. The lowest BCUT2D eigenvalue weighted by molar-refractivity contribution is 1.30. The maximum Gasteiger partial charge on any atom is 0.0540 e. The Bertz CT molecular complexity index is 5520. The maximum atomic E-state index is 2.47. The first-order valence-electron chi connectivity index (χ1n) is 35.1. The largest absolute Gasteiger partial charge is 0.310 e. The Labute approximate surface area is 596 Å². The highest BCUT2D eigenvalue weighted by Crippen LogP contribution is 2.50. The van der Waals surface area contributed by atoms with Gasteiger partial charge in [-0.1, -0.05) is 303 Å². The molecule has 18 rings (SSSR count). The van der Waals surface area contributed by atoms with E-state index in [0.29, 0.717) is 0 Å². The molecule has 0 aliphatic carbocycles. The summed E-state index contributed by atoms with van der Waals surface area (Å²) in [5.41, 5.74) is 29.8. The van der Waals surface area contributed by atoms with E-state index in [1.54, 1.807) is 0 Å². The van der Waals surface area contributed by atoms with Gasteiger partial charge in [-0.2, -0.15) is 0 Å². The SMILES string of the molecule is c1ccc(-c2cccc(-c3cccc(N(c4ccc(-c5cc(-c6ccccc6)cc(-c6ccccc6)c5)cc4)c4ccc5ccc6c(N(c7ccc(-c8cc(-c9ccccc9)cc(-c9ccccc9)c8)cc7)c7cccc(-c8cccc(-c9ccccc9)c8)c7)ccc7ccc4c5c76)c3)c2)cc1. The van der Waals surface area contributed by atoms with Crippen LogP contribution in [0.25, 0.3) is 144 Å². The van der Waals surface area contributed by atoms with Gasteiger partial charge < -0.3 is 9.80 Å². The van der Waals surface area contributed by atoms with Crippen LogP contribution >= 0.6 is 0 Å². The Hall–Kier alpha value is -13.4. The maximum absolute atomic E-state index is 2.47. The fraction of sp³-hybridized carbons (Fsp3) is 0. The van der Waals surface area contributed by atoms with E-state index >= 15 is 0 Å². The zero-order chi connectivity index (χ0) is 67.7. The highest BCUT2D eigenvalue weighted by molar-refractivity contribution is 6.28. The molecule has 102 heavy (non-hydrogen) atoms. The predicted molar refractivity (Wildman–Crippen MR) is 434 cm³/mol. The van der Waals surface area contributed by atoms with Gasteiger partial charge in [0.1, 0.15) is 0 Å². The summed E-state index contributed by atoms with van der Waals surface area (Å²) in [5, 5.41) is 7.13. The molecule has 478 valence electrons. The summed E-state index contributed by atoms with van der Waals surface area (Å²) in [7, 11) is 0. The molecule has 0 spiro atoms. The first kappa shape index (κ1) is 61.0. The van der Waals surface area contributed by atoms with Crippen molar-refractivity contribution in [3.8, 4) is 111 Å². The molecule has 0 aromatic heterocycles. The third-order valence-corrected chi connectivity index (χ3v) is 20.1. The summed E-state index contributed by atoms with van der Waals surface area (Å²) in [4.78, 5) is 4.95. The van der Waals surface area contributed by atoms with E-state index in [9.17, 15) is 0 Å². The molecule has 0 atom stereocenters. The van der Waals surface area contributed by atoms with E-state index in [2.05, 4.69) is 422 Å². The Morgan fingerprint density at radius 2 is 0.343 bits per heavy atom. The lowest BCUT2D eigenvalue weighted by Gasteiger charge is -2.30. The fourth-order valence-electron chi connectivity index (χ4n) is 15.1. The van der Waals surface area contributed by atoms with Crippen LogP contribution < -0.4 is 9.80 Å². The van der Waals surface area contributed by atoms with E-state index in [-0.39, 0.29) is 0 Å². The van der Waals surface area contributed by atoms with Crippen LogP contribution in [0.5, 0.6) is 0 Å². The lowest BCUT2D eigenvalue weighted by Crippen LogP contribution is -2.11. The minimum absolute atomic E-state index is 1.05. The van der Waals surface area contributed by atoms with Gasteiger partial charge in [0.05, 0.1) is 11.4 Å². The molecule has 0 amide bonds. The van der Waals surface area contributed by atoms with E-state index in [0.717, 1.165) is 89.4 Å². The number of rotatable bonds is 16. The van der Waals surface area contributed by atoms with Crippen LogP contribution in [0.3, 0.4) is 0 Å². The summed E-state index contributed by atoms with van der Waals surface area (Å²) in [5.74, 6) is 0. The van der Waals surface area contributed by atoms with Crippen molar-refractivity contribution in [2.45, 2.75) is 0 Å². The topological polar surface area (TPSA) is 6.48 Å². The van der Waals surface area contributed by atoms with Gasteiger partial charge in [-0.25, -0.2) is 0 Å². The average Bonchev–Trinajstić information content (AvgIpc) is 0.719. The number of nitrogens with zero attached hydrogens (tertiary/aromatic N) is 2. The van der Waals surface area contributed by atoms with E-state index in [1.807, 2.05) is 0 Å². The molecule has 2 nitrogen and oxygen atoms in total. The zero-order valence-corrected chi connectivity index (χ0v) is 56.2. The van der Waals surface area contributed by atoms with Crippen LogP contribution in [0.1, 0.15) is 0 Å². The van der Waals surface area contributed by atoms with Gasteiger partial charge in [-0.3, -0.25) is 0 Å². The third-order valence-electron chi connectivity index (χ3n) is 20.1. The monoisotopic (exact) mass is 1300 g/mol. The second-order valence-electron chi connectivity index (χ2n) is 26.4. The molecule has 0 saturated carbocycles. The first-order chi connectivity index (χ1) is 50.5.